The smallest absolute Gasteiger partial charge is 0.336 e. The van der Waals surface area contributed by atoms with Gasteiger partial charge < -0.3 is 73.6 Å². The Hall–Kier alpha value is -4.46. The molecule has 0 spiro atoms. The topological polar surface area (TPSA) is 302 Å². The fourth-order valence-corrected chi connectivity index (χ4v) is 11.4. The Bertz CT molecular complexity index is 2250. The van der Waals surface area contributed by atoms with Gasteiger partial charge in [-0.1, -0.05) is 45.9 Å². The molecule has 22 nitrogen and oxygen atoms in total. The third-order valence-electron chi connectivity index (χ3n) is 15.8. The normalized spacial score (nSPS) is 38.3. The number of carbonyl (C=O) groups is 4. The van der Waals surface area contributed by atoms with Crippen molar-refractivity contribution in [2.75, 3.05) is 35.4 Å². The molecule has 0 radical (unpaired) electrons. The monoisotopic (exact) mass is 1080 g/mol. The number of carbonyl (C=O) groups excluding carboxylic acids is 4. The van der Waals surface area contributed by atoms with Crippen LogP contribution in [0.5, 0.6) is 0 Å². The van der Waals surface area contributed by atoms with E-state index >= 15 is 0 Å². The molecule has 22 heteroatoms. The molecule has 430 valence electrons. The van der Waals surface area contributed by atoms with E-state index < -0.39 is 130 Å². The quantitative estimate of drug-likeness (QED) is 0.0791. The van der Waals surface area contributed by atoms with E-state index in [4.69, 9.17) is 37.9 Å². The number of aliphatic hydroxyl groups excluding tert-OH is 3. The largest absolute Gasteiger partial charge is 0.466 e. The van der Waals surface area contributed by atoms with Crippen molar-refractivity contribution in [2.45, 2.75) is 199 Å². The first-order valence-electron chi connectivity index (χ1n) is 25.9. The molecule has 76 heavy (non-hydrogen) atoms. The van der Waals surface area contributed by atoms with Gasteiger partial charge in [0.15, 0.2) is 12.6 Å². The summed E-state index contributed by atoms with van der Waals surface area (Å²) in [6, 6.07) is 5.65. The van der Waals surface area contributed by atoms with E-state index in [2.05, 4.69) is 5.32 Å². The summed E-state index contributed by atoms with van der Waals surface area (Å²) in [5.74, 6) is -7.30. The van der Waals surface area contributed by atoms with Crippen molar-refractivity contribution < 1.29 is 87.5 Å². The number of esters is 3. The number of hydrogen-bond acceptors (Lipinski definition) is 21. The molecule has 1 aromatic carbocycles. The van der Waals surface area contributed by atoms with Gasteiger partial charge in [0.25, 0.3) is 5.69 Å². The molecule has 0 bridgehead atoms. The van der Waals surface area contributed by atoms with E-state index in [1.165, 1.54) is 60.3 Å². The van der Waals surface area contributed by atoms with Crippen LogP contribution in [-0.4, -0.2) is 179 Å². The number of nitrogens with one attached hydrogen (secondary N) is 1. The van der Waals surface area contributed by atoms with Gasteiger partial charge in [-0.3, -0.25) is 19.7 Å². The highest BCUT2D eigenvalue weighted by molar-refractivity contribution is 6.00. The second-order valence-electron chi connectivity index (χ2n) is 21.9. The summed E-state index contributed by atoms with van der Waals surface area (Å²) in [5.41, 5.74) is -3.65. The molecule has 0 saturated carbocycles. The molecule has 0 aliphatic carbocycles. The molecule has 4 heterocycles. The molecule has 6 N–H and O–H groups in total. The highest BCUT2D eigenvalue weighted by atomic mass is 16.7. The van der Waals surface area contributed by atoms with Crippen molar-refractivity contribution in [1.29, 1.82) is 0 Å². The van der Waals surface area contributed by atoms with Crippen LogP contribution in [-0.2, 0) is 57.1 Å². The van der Waals surface area contributed by atoms with E-state index in [9.17, 15) is 54.8 Å². The van der Waals surface area contributed by atoms with Crippen LogP contribution < -0.4 is 5.32 Å². The number of ketones is 1. The number of para-hydroxylation sites is 1. The molecular weight excluding hydrogens is 995 g/mol. The minimum Gasteiger partial charge on any atom is -0.466 e. The molecule has 0 aromatic heterocycles. The summed E-state index contributed by atoms with van der Waals surface area (Å²) in [7, 11) is 7.60. The second-order valence-corrected chi connectivity index (χ2v) is 21.9. The number of cyclic esters (lactones) is 1. The zero-order chi connectivity index (χ0) is 57.7. The lowest BCUT2D eigenvalue weighted by Gasteiger charge is -2.49. The fraction of sp³-hybridized carbons (Fsp3) is 0.741. The highest BCUT2D eigenvalue weighted by Crippen LogP contribution is 2.44. The molecule has 4 aliphatic heterocycles. The van der Waals surface area contributed by atoms with Crippen LogP contribution in [0.2, 0.25) is 0 Å². The number of hydrogen-bond donors (Lipinski definition) is 6. The summed E-state index contributed by atoms with van der Waals surface area (Å²) in [5, 5.41) is 72.0. The van der Waals surface area contributed by atoms with Crippen LogP contribution in [0.25, 0.3) is 0 Å². The number of allylic oxidation sites excluding steroid dienone is 2. The van der Waals surface area contributed by atoms with E-state index in [0.717, 1.165) is 0 Å². The van der Waals surface area contributed by atoms with E-state index in [1.54, 1.807) is 61.5 Å². The van der Waals surface area contributed by atoms with Crippen molar-refractivity contribution in [3.63, 3.8) is 0 Å². The molecule has 0 amide bonds. The lowest BCUT2D eigenvalue weighted by Crippen LogP contribution is -2.61. The Balaban J connectivity index is 0.000000416. The molecule has 4 aliphatic rings. The summed E-state index contributed by atoms with van der Waals surface area (Å²) >= 11 is 0. The highest BCUT2D eigenvalue weighted by Gasteiger charge is 2.54. The maximum Gasteiger partial charge on any atom is 0.336 e. The summed E-state index contributed by atoms with van der Waals surface area (Å²) in [4.78, 5) is 65.3. The lowest BCUT2D eigenvalue weighted by atomic mass is 9.74. The first kappa shape index (κ1) is 64.1. The first-order chi connectivity index (χ1) is 35.3. The van der Waals surface area contributed by atoms with Crippen LogP contribution in [0.3, 0.4) is 0 Å². The van der Waals surface area contributed by atoms with Crippen molar-refractivity contribution in [3.8, 4) is 0 Å². The summed E-state index contributed by atoms with van der Waals surface area (Å²) in [6.45, 7) is 19.6. The first-order valence-corrected chi connectivity index (χ1v) is 25.9. The number of likely N-dealkylation sites (N-methyl/N-ethyl adjacent to an activating group) is 1. The van der Waals surface area contributed by atoms with Gasteiger partial charge in [0, 0.05) is 60.4 Å². The Kier molecular flexibility index (Phi) is 21.9. The van der Waals surface area contributed by atoms with Crippen LogP contribution in [0.15, 0.2) is 46.8 Å². The van der Waals surface area contributed by atoms with Gasteiger partial charge in [-0.25, -0.2) is 9.59 Å². The maximum absolute atomic E-state index is 14.1. The predicted molar refractivity (Wildman–Crippen MR) is 275 cm³/mol. The van der Waals surface area contributed by atoms with E-state index in [-0.39, 0.29) is 53.8 Å². The minimum absolute atomic E-state index is 0.0936. The lowest BCUT2D eigenvalue weighted by molar-refractivity contribution is -0.385. The van der Waals surface area contributed by atoms with Gasteiger partial charge in [0.1, 0.15) is 29.7 Å². The third kappa shape index (κ3) is 13.9. The molecule has 18 atom stereocenters. The summed E-state index contributed by atoms with van der Waals surface area (Å²) < 4.78 is 46.7. The van der Waals surface area contributed by atoms with Gasteiger partial charge in [-0.2, -0.15) is 0 Å². The molecule has 3 saturated heterocycles. The third-order valence-corrected chi connectivity index (χ3v) is 15.8. The number of nitrogens with zero attached hydrogens (tertiary/aromatic N) is 2. The van der Waals surface area contributed by atoms with Crippen LogP contribution in [0, 0.1) is 33.8 Å². The molecule has 1 aromatic rings. The Labute approximate surface area is 446 Å². The van der Waals surface area contributed by atoms with E-state index in [1.807, 2.05) is 25.9 Å². The minimum atomic E-state index is -1.99. The van der Waals surface area contributed by atoms with E-state index in [0.29, 0.717) is 17.8 Å². The Morgan fingerprint density at radius 2 is 1.42 bits per heavy atom. The van der Waals surface area contributed by atoms with Crippen molar-refractivity contribution in [2.24, 2.45) is 23.7 Å². The molecule has 3 fully saturated rings. The van der Waals surface area contributed by atoms with Gasteiger partial charge in [0.2, 0.25) is 0 Å². The Morgan fingerprint density at radius 3 is 1.93 bits per heavy atom. The fourth-order valence-electron chi connectivity index (χ4n) is 11.4. The number of ether oxygens (including phenoxy) is 8. The zero-order valence-electron chi connectivity index (χ0n) is 47.2. The van der Waals surface area contributed by atoms with Gasteiger partial charge in [-0.15, -0.1) is 0 Å². The van der Waals surface area contributed by atoms with Gasteiger partial charge in [-0.05, 0) is 88.7 Å². The average molecular weight is 1080 g/mol. The predicted octanol–water partition coefficient (Wildman–Crippen LogP) is 3.96. The van der Waals surface area contributed by atoms with Gasteiger partial charge >= 0.3 is 17.9 Å². The number of aliphatic hydroxyl groups is 5. The number of nitro groups is 1. The van der Waals surface area contributed by atoms with Crippen LogP contribution in [0.4, 0.5) is 5.69 Å². The van der Waals surface area contributed by atoms with Crippen molar-refractivity contribution >= 4 is 29.4 Å². The SMILES string of the molecule is CC[C@H]1OC(=O)[C@H](C)[C@@H](O[C@H]2C[C@@](C)(OC)[C@@H](O)[C@H](C)O2)[C@H](C)[C@@H](O[C@@H]2O[C@H](C)C[C@H](N(C)C)[C@H]2O)[C@](C)(O)C[C@@H](C)C(=O)[C@H](C)[C@@H](O)[C@]1(C)O.COC(=O)C1=C(C)NC(C)=C(C(=O)OC)C1c1ccccc1[N+](=O)[O-]. The zero-order valence-corrected chi connectivity index (χ0v) is 47.2. The van der Waals surface area contributed by atoms with Gasteiger partial charge in [0.05, 0.1) is 83.8 Å². The molecule has 5 rings (SSSR count). The number of nitro benzene ring substituents is 1. The van der Waals surface area contributed by atoms with Crippen molar-refractivity contribution in [3.05, 3.63) is 62.5 Å². The second kappa shape index (κ2) is 26.0. The van der Waals surface area contributed by atoms with Crippen LogP contribution >= 0.6 is 0 Å². The van der Waals surface area contributed by atoms with Crippen molar-refractivity contribution in [1.82, 2.24) is 10.2 Å². The standard InChI is InChI=1S/C37H67NO13.C17H18N2O6/c1-14-25-37(10,45)30(41)20(4)27(39)18(2)16-35(8,44)32(51-34-28(40)24(38(11)12)15-19(3)47-34)21(5)29(22(6)33(43)49-25)50-26-17-36(9,46-13)31(42)23(7)48-26;1-9-13(16(20)24-3)15(14(10(2)18-9)17(21)25-4)11-7-5-6-8-12(11)19(22)23/h18-26,28-32,34,40-42,44-45H,14-17H2,1-13H3;5-8,15,18H,1-4H3/t18-,19-,20+,21+,22-,23+,24+,25-,26+,28-,29+,30-,31+,32-,34+,35-,36-,37-;/m1./s1. The molecular formula is C54H85N3O19. The average Bonchev–Trinajstić information content (AvgIpc) is 3.36. The number of Topliss-reactive ketones (excluding diaryl/α,β-unsaturated/α-hetero) is 1. The number of benzene rings is 1. The number of dihydropyridines is 1. The molecule has 0 unspecified atom stereocenters. The summed E-state index contributed by atoms with van der Waals surface area (Å²) in [6.07, 6.45) is -9.71. The van der Waals surface area contributed by atoms with Crippen LogP contribution in [0.1, 0.15) is 120 Å². The number of rotatable bonds is 11. The Morgan fingerprint density at radius 1 is 0.855 bits per heavy atom. The maximum atomic E-state index is 14.1. The number of methoxy groups -OCH3 is 3.